The van der Waals surface area contributed by atoms with Crippen LogP contribution in [0.1, 0.15) is 44.2 Å². The van der Waals surface area contributed by atoms with Crippen molar-refractivity contribution < 1.29 is 0 Å². The molecule has 1 N–H and O–H groups in total. The predicted molar refractivity (Wildman–Crippen MR) is 71.0 cm³/mol. The van der Waals surface area contributed by atoms with Gasteiger partial charge in [0.2, 0.25) is 0 Å². The second-order valence-corrected chi connectivity index (χ2v) is 5.63. The molecule has 0 aliphatic carbocycles. The van der Waals surface area contributed by atoms with Crippen molar-refractivity contribution in [1.29, 1.82) is 0 Å². The standard InChI is InChI=1S/C15H23N/c1-10(2)8-12(4)14-9-16-15-11(3)6-5-7-13(14)15/h5-7,10,12,14,16H,8-9H2,1-4H3. The Kier molecular flexibility index (Phi) is 3.22. The van der Waals surface area contributed by atoms with Crippen molar-refractivity contribution >= 4 is 5.69 Å². The van der Waals surface area contributed by atoms with Crippen LogP contribution in [-0.4, -0.2) is 6.54 Å². The minimum absolute atomic E-state index is 0.706. The van der Waals surface area contributed by atoms with Crippen LogP contribution in [0.5, 0.6) is 0 Å². The van der Waals surface area contributed by atoms with Gasteiger partial charge in [-0.25, -0.2) is 0 Å². The molecule has 0 amide bonds. The van der Waals surface area contributed by atoms with E-state index in [1.807, 2.05) is 0 Å². The summed E-state index contributed by atoms with van der Waals surface area (Å²) in [6.07, 6.45) is 1.32. The van der Waals surface area contributed by atoms with Crippen LogP contribution < -0.4 is 5.32 Å². The zero-order valence-electron chi connectivity index (χ0n) is 10.9. The SMILES string of the molecule is Cc1cccc2c1NCC2C(C)CC(C)C. The Morgan fingerprint density at radius 1 is 1.31 bits per heavy atom. The number of para-hydroxylation sites is 1. The molecule has 2 unspecified atom stereocenters. The summed E-state index contributed by atoms with van der Waals surface area (Å²) in [4.78, 5) is 0. The molecule has 0 spiro atoms. The minimum Gasteiger partial charge on any atom is -0.384 e. The van der Waals surface area contributed by atoms with E-state index in [-0.39, 0.29) is 0 Å². The van der Waals surface area contributed by atoms with Crippen molar-refractivity contribution in [3.8, 4) is 0 Å². The number of hydrogen-bond acceptors (Lipinski definition) is 1. The van der Waals surface area contributed by atoms with Crippen LogP contribution in [0.2, 0.25) is 0 Å². The Morgan fingerprint density at radius 2 is 2.06 bits per heavy atom. The minimum atomic E-state index is 0.706. The lowest BCUT2D eigenvalue weighted by atomic mass is 9.83. The zero-order valence-corrected chi connectivity index (χ0v) is 10.9. The van der Waals surface area contributed by atoms with Crippen LogP contribution in [0.15, 0.2) is 18.2 Å². The largest absolute Gasteiger partial charge is 0.384 e. The summed E-state index contributed by atoms with van der Waals surface area (Å²) in [6.45, 7) is 10.3. The Morgan fingerprint density at radius 3 is 2.75 bits per heavy atom. The molecule has 16 heavy (non-hydrogen) atoms. The fourth-order valence-electron chi connectivity index (χ4n) is 2.98. The number of benzene rings is 1. The van der Waals surface area contributed by atoms with Gasteiger partial charge in [0.05, 0.1) is 0 Å². The highest BCUT2D eigenvalue weighted by Gasteiger charge is 2.27. The predicted octanol–water partition coefficient (Wildman–Crippen LogP) is 4.19. The third kappa shape index (κ3) is 2.09. The van der Waals surface area contributed by atoms with Crippen LogP contribution in [0.25, 0.3) is 0 Å². The van der Waals surface area contributed by atoms with Gasteiger partial charge in [0.25, 0.3) is 0 Å². The summed E-state index contributed by atoms with van der Waals surface area (Å²) >= 11 is 0. The number of anilines is 1. The van der Waals surface area contributed by atoms with E-state index in [2.05, 4.69) is 51.2 Å². The van der Waals surface area contributed by atoms with Gasteiger partial charge in [-0.15, -0.1) is 0 Å². The monoisotopic (exact) mass is 217 g/mol. The van der Waals surface area contributed by atoms with Gasteiger partial charge in [-0.05, 0) is 36.3 Å². The maximum Gasteiger partial charge on any atom is 0.0406 e. The normalized spacial score (nSPS) is 20.7. The third-order valence-electron chi connectivity index (χ3n) is 3.73. The van der Waals surface area contributed by atoms with E-state index < -0.39 is 0 Å². The van der Waals surface area contributed by atoms with Crippen LogP contribution in [0, 0.1) is 18.8 Å². The number of aryl methyl sites for hydroxylation is 1. The summed E-state index contributed by atoms with van der Waals surface area (Å²) in [5.74, 6) is 2.27. The first-order chi connectivity index (χ1) is 7.59. The Bertz CT molecular complexity index is 368. The maximum atomic E-state index is 3.57. The molecule has 0 fully saturated rings. The lowest BCUT2D eigenvalue weighted by molar-refractivity contribution is 0.388. The van der Waals surface area contributed by atoms with Crippen molar-refractivity contribution in [1.82, 2.24) is 0 Å². The van der Waals surface area contributed by atoms with E-state index >= 15 is 0 Å². The average Bonchev–Trinajstić information content (AvgIpc) is 2.61. The van der Waals surface area contributed by atoms with E-state index in [0.29, 0.717) is 5.92 Å². The summed E-state index contributed by atoms with van der Waals surface area (Å²) in [5.41, 5.74) is 4.31. The van der Waals surface area contributed by atoms with Crippen LogP contribution in [0.4, 0.5) is 5.69 Å². The first-order valence-electron chi connectivity index (χ1n) is 6.43. The van der Waals surface area contributed by atoms with E-state index in [9.17, 15) is 0 Å². The average molecular weight is 217 g/mol. The number of nitrogens with one attached hydrogen (secondary N) is 1. The van der Waals surface area contributed by atoms with Crippen molar-refractivity contribution in [3.63, 3.8) is 0 Å². The third-order valence-corrected chi connectivity index (χ3v) is 3.73. The highest BCUT2D eigenvalue weighted by Crippen LogP contribution is 2.39. The Balaban J connectivity index is 2.20. The van der Waals surface area contributed by atoms with E-state index in [1.54, 1.807) is 0 Å². The maximum absolute atomic E-state index is 3.57. The van der Waals surface area contributed by atoms with E-state index in [4.69, 9.17) is 0 Å². The fraction of sp³-hybridized carbons (Fsp3) is 0.600. The molecule has 2 rings (SSSR count). The van der Waals surface area contributed by atoms with E-state index in [0.717, 1.165) is 18.4 Å². The topological polar surface area (TPSA) is 12.0 Å². The van der Waals surface area contributed by atoms with Gasteiger partial charge in [0.15, 0.2) is 0 Å². The molecular weight excluding hydrogens is 194 g/mol. The number of fused-ring (bicyclic) bond motifs is 1. The molecular formula is C15H23N. The van der Waals surface area contributed by atoms with Crippen molar-refractivity contribution in [2.24, 2.45) is 11.8 Å². The molecule has 0 radical (unpaired) electrons. The van der Waals surface area contributed by atoms with Gasteiger partial charge in [-0.2, -0.15) is 0 Å². The number of rotatable bonds is 3. The lowest BCUT2D eigenvalue weighted by Gasteiger charge is -2.21. The molecule has 1 aromatic carbocycles. The second-order valence-electron chi connectivity index (χ2n) is 5.63. The van der Waals surface area contributed by atoms with Gasteiger partial charge in [0.1, 0.15) is 0 Å². The first kappa shape index (κ1) is 11.5. The van der Waals surface area contributed by atoms with Crippen LogP contribution in [0.3, 0.4) is 0 Å². The molecule has 0 saturated carbocycles. The molecule has 1 aromatic rings. The van der Waals surface area contributed by atoms with Crippen LogP contribution >= 0.6 is 0 Å². The first-order valence-corrected chi connectivity index (χ1v) is 6.43. The summed E-state index contributed by atoms with van der Waals surface area (Å²) in [5, 5.41) is 3.57. The molecule has 88 valence electrons. The molecule has 1 heterocycles. The molecule has 1 aliphatic rings. The van der Waals surface area contributed by atoms with Gasteiger partial charge < -0.3 is 5.32 Å². The molecule has 1 heteroatoms. The summed E-state index contributed by atoms with van der Waals surface area (Å²) in [7, 11) is 0. The smallest absolute Gasteiger partial charge is 0.0406 e. The van der Waals surface area contributed by atoms with Crippen LogP contribution in [-0.2, 0) is 0 Å². The van der Waals surface area contributed by atoms with Gasteiger partial charge in [-0.1, -0.05) is 39.0 Å². The Labute approximate surface area is 99.3 Å². The van der Waals surface area contributed by atoms with Crippen molar-refractivity contribution in [3.05, 3.63) is 29.3 Å². The molecule has 0 aromatic heterocycles. The van der Waals surface area contributed by atoms with E-state index in [1.165, 1.54) is 23.2 Å². The van der Waals surface area contributed by atoms with Gasteiger partial charge >= 0.3 is 0 Å². The second kappa shape index (κ2) is 4.48. The highest BCUT2D eigenvalue weighted by atomic mass is 14.9. The lowest BCUT2D eigenvalue weighted by Crippen LogP contribution is -2.14. The van der Waals surface area contributed by atoms with Crippen molar-refractivity contribution in [2.75, 3.05) is 11.9 Å². The zero-order chi connectivity index (χ0) is 11.7. The number of hydrogen-bond donors (Lipinski definition) is 1. The van der Waals surface area contributed by atoms with Crippen molar-refractivity contribution in [2.45, 2.75) is 40.0 Å². The molecule has 0 saturated heterocycles. The molecule has 1 aliphatic heterocycles. The Hall–Kier alpha value is -0.980. The molecule has 1 nitrogen and oxygen atoms in total. The summed E-state index contributed by atoms with van der Waals surface area (Å²) in [6, 6.07) is 6.68. The highest BCUT2D eigenvalue weighted by molar-refractivity contribution is 5.62. The molecule has 0 bridgehead atoms. The van der Waals surface area contributed by atoms with Gasteiger partial charge in [-0.3, -0.25) is 0 Å². The molecule has 2 atom stereocenters. The fourth-order valence-corrected chi connectivity index (χ4v) is 2.98. The quantitative estimate of drug-likeness (QED) is 0.800. The van der Waals surface area contributed by atoms with Gasteiger partial charge in [0, 0.05) is 18.2 Å². The summed E-state index contributed by atoms with van der Waals surface area (Å²) < 4.78 is 0.